The molecule has 0 aliphatic rings. The summed E-state index contributed by atoms with van der Waals surface area (Å²) in [5.74, 6) is -0.324. The molecule has 1 rings (SSSR count). The second-order valence-electron chi connectivity index (χ2n) is 3.08. The maximum Gasteiger partial charge on any atom is 0.178 e. The van der Waals surface area contributed by atoms with Crippen LogP contribution < -0.4 is 5.73 Å². The highest BCUT2D eigenvalue weighted by atomic mass is 32.2. The number of nitrogen functional groups attached to an aromatic ring is 1. The van der Waals surface area contributed by atoms with E-state index in [1.54, 1.807) is 0 Å². The Balaban J connectivity index is 3.42. The number of anilines is 1. The van der Waals surface area contributed by atoms with Gasteiger partial charge in [0.1, 0.15) is 5.75 Å². The molecule has 0 radical (unpaired) electrons. The van der Waals surface area contributed by atoms with Crippen molar-refractivity contribution in [1.82, 2.24) is 0 Å². The Bertz CT molecular complexity index is 467. The van der Waals surface area contributed by atoms with Crippen molar-refractivity contribution in [2.45, 2.75) is 18.4 Å². The second kappa shape index (κ2) is 4.08. The smallest absolute Gasteiger partial charge is 0.178 e. The van der Waals surface area contributed by atoms with Crippen LogP contribution >= 0.6 is 0 Å². The van der Waals surface area contributed by atoms with Gasteiger partial charge in [0.2, 0.25) is 0 Å². The molecule has 0 fully saturated rings. The summed E-state index contributed by atoms with van der Waals surface area (Å²) in [5, 5.41) is 18.3. The van der Waals surface area contributed by atoms with Crippen LogP contribution in [0.25, 0.3) is 0 Å². The molecule has 0 saturated carbocycles. The van der Waals surface area contributed by atoms with Gasteiger partial charge in [-0.2, -0.15) is 0 Å². The summed E-state index contributed by atoms with van der Waals surface area (Å²) in [6.45, 7) is 1.06. The fraction of sp³-hybridized carbons (Fsp3) is 0.333. The van der Waals surface area contributed by atoms with Gasteiger partial charge in [-0.3, -0.25) is 0 Å². The van der Waals surface area contributed by atoms with E-state index in [4.69, 9.17) is 10.8 Å². The van der Waals surface area contributed by atoms with Crippen LogP contribution in [0.15, 0.2) is 17.0 Å². The predicted molar refractivity (Wildman–Crippen MR) is 56.2 cm³/mol. The summed E-state index contributed by atoms with van der Waals surface area (Å²) >= 11 is 0. The maximum atomic E-state index is 11.5. The SMILES string of the molecule is CCS(=O)(=O)c1cc(N)c(O)c(CO)c1. The van der Waals surface area contributed by atoms with Crippen molar-refractivity contribution >= 4 is 15.5 Å². The van der Waals surface area contributed by atoms with E-state index in [2.05, 4.69) is 0 Å². The van der Waals surface area contributed by atoms with Gasteiger partial charge in [0.15, 0.2) is 9.84 Å². The van der Waals surface area contributed by atoms with E-state index in [0.717, 1.165) is 0 Å². The largest absolute Gasteiger partial charge is 0.505 e. The minimum Gasteiger partial charge on any atom is -0.505 e. The van der Waals surface area contributed by atoms with E-state index in [9.17, 15) is 13.5 Å². The van der Waals surface area contributed by atoms with Gasteiger partial charge in [0, 0.05) is 5.56 Å². The van der Waals surface area contributed by atoms with E-state index in [-0.39, 0.29) is 27.6 Å². The standard InChI is InChI=1S/C9H13NO4S/c1-2-15(13,14)7-3-6(5-11)9(12)8(10)4-7/h3-4,11-12H,2,5,10H2,1H3. The molecular weight excluding hydrogens is 218 g/mol. The number of aliphatic hydroxyl groups is 1. The molecule has 0 aliphatic heterocycles. The molecule has 84 valence electrons. The lowest BCUT2D eigenvalue weighted by atomic mass is 10.2. The van der Waals surface area contributed by atoms with Crippen LogP contribution in [0.4, 0.5) is 5.69 Å². The molecule has 0 saturated heterocycles. The first-order valence-electron chi connectivity index (χ1n) is 4.37. The second-order valence-corrected chi connectivity index (χ2v) is 5.36. The van der Waals surface area contributed by atoms with Crippen LogP contribution in [0.3, 0.4) is 0 Å². The number of aliphatic hydroxyl groups excluding tert-OH is 1. The zero-order valence-electron chi connectivity index (χ0n) is 8.27. The zero-order valence-corrected chi connectivity index (χ0v) is 9.08. The molecule has 0 aliphatic carbocycles. The van der Waals surface area contributed by atoms with Gasteiger partial charge in [-0.15, -0.1) is 0 Å². The fourth-order valence-corrected chi connectivity index (χ4v) is 2.12. The van der Waals surface area contributed by atoms with Crippen LogP contribution in [-0.4, -0.2) is 24.4 Å². The molecule has 1 aromatic carbocycles. The Morgan fingerprint density at radius 1 is 1.40 bits per heavy atom. The van der Waals surface area contributed by atoms with Crippen LogP contribution in [0, 0.1) is 0 Å². The van der Waals surface area contributed by atoms with E-state index in [0.29, 0.717) is 0 Å². The van der Waals surface area contributed by atoms with Crippen LogP contribution in [0.1, 0.15) is 12.5 Å². The monoisotopic (exact) mass is 231 g/mol. The average Bonchev–Trinajstić information content (AvgIpc) is 2.21. The summed E-state index contributed by atoms with van der Waals surface area (Å²) < 4.78 is 23.0. The van der Waals surface area contributed by atoms with Crippen molar-refractivity contribution < 1.29 is 18.6 Å². The Kier molecular flexibility index (Phi) is 3.21. The summed E-state index contributed by atoms with van der Waals surface area (Å²) in [4.78, 5) is 0.0179. The van der Waals surface area contributed by atoms with Gasteiger partial charge >= 0.3 is 0 Å². The van der Waals surface area contributed by atoms with Gasteiger partial charge in [-0.05, 0) is 12.1 Å². The van der Waals surface area contributed by atoms with E-state index in [1.807, 2.05) is 0 Å². The van der Waals surface area contributed by atoms with Crippen molar-refractivity contribution in [3.63, 3.8) is 0 Å². The maximum absolute atomic E-state index is 11.5. The molecular formula is C9H13NO4S. The number of hydrogen-bond acceptors (Lipinski definition) is 5. The van der Waals surface area contributed by atoms with Crippen molar-refractivity contribution in [2.24, 2.45) is 0 Å². The Labute approximate surface area is 88.1 Å². The van der Waals surface area contributed by atoms with Gasteiger partial charge in [0.25, 0.3) is 0 Å². The van der Waals surface area contributed by atoms with Crippen molar-refractivity contribution in [3.8, 4) is 5.75 Å². The van der Waals surface area contributed by atoms with Gasteiger partial charge in [-0.1, -0.05) is 6.92 Å². The number of phenols is 1. The number of sulfone groups is 1. The topological polar surface area (TPSA) is 101 Å². The van der Waals surface area contributed by atoms with Crippen LogP contribution in [-0.2, 0) is 16.4 Å². The molecule has 0 spiro atoms. The lowest BCUT2D eigenvalue weighted by Crippen LogP contribution is -2.05. The minimum atomic E-state index is -3.37. The summed E-state index contributed by atoms with van der Waals surface area (Å²) in [6.07, 6.45) is 0. The van der Waals surface area contributed by atoms with E-state index >= 15 is 0 Å². The van der Waals surface area contributed by atoms with E-state index < -0.39 is 16.4 Å². The first-order valence-corrected chi connectivity index (χ1v) is 6.02. The van der Waals surface area contributed by atoms with Crippen molar-refractivity contribution in [3.05, 3.63) is 17.7 Å². The molecule has 0 heterocycles. The van der Waals surface area contributed by atoms with Crippen LogP contribution in [0.5, 0.6) is 5.75 Å². The highest BCUT2D eigenvalue weighted by molar-refractivity contribution is 7.91. The Hall–Kier alpha value is -1.27. The first kappa shape index (κ1) is 11.8. The molecule has 0 atom stereocenters. The third-order valence-corrected chi connectivity index (χ3v) is 3.82. The Morgan fingerprint density at radius 2 is 2.00 bits per heavy atom. The summed E-state index contributed by atoms with van der Waals surface area (Å²) in [6, 6.07) is 2.41. The molecule has 6 heteroatoms. The number of hydrogen-bond donors (Lipinski definition) is 3. The normalized spacial score (nSPS) is 11.6. The van der Waals surface area contributed by atoms with Gasteiger partial charge in [-0.25, -0.2) is 8.42 Å². The number of nitrogens with two attached hydrogens (primary N) is 1. The van der Waals surface area contributed by atoms with Gasteiger partial charge in [0.05, 0.1) is 22.9 Å². The highest BCUT2D eigenvalue weighted by Gasteiger charge is 2.16. The predicted octanol–water partition coefficient (Wildman–Crippen LogP) is 0.260. The number of benzene rings is 1. The molecule has 5 nitrogen and oxygen atoms in total. The minimum absolute atomic E-state index is 0.0179. The molecule has 1 aromatic rings. The molecule has 15 heavy (non-hydrogen) atoms. The highest BCUT2D eigenvalue weighted by Crippen LogP contribution is 2.29. The van der Waals surface area contributed by atoms with E-state index in [1.165, 1.54) is 19.1 Å². The number of aromatic hydroxyl groups is 1. The zero-order chi connectivity index (χ0) is 11.6. The Morgan fingerprint density at radius 3 is 2.47 bits per heavy atom. The molecule has 4 N–H and O–H groups in total. The first-order chi connectivity index (χ1) is 6.92. The molecule has 0 unspecified atom stereocenters. The fourth-order valence-electron chi connectivity index (χ4n) is 1.16. The summed E-state index contributed by atoms with van der Waals surface area (Å²) in [5.41, 5.74) is 5.49. The summed E-state index contributed by atoms with van der Waals surface area (Å²) in [7, 11) is -3.37. The molecule has 0 aromatic heterocycles. The lowest BCUT2D eigenvalue weighted by molar-refractivity contribution is 0.275. The number of rotatable bonds is 3. The van der Waals surface area contributed by atoms with Gasteiger partial charge < -0.3 is 15.9 Å². The van der Waals surface area contributed by atoms with Crippen molar-refractivity contribution in [1.29, 1.82) is 0 Å². The molecule has 0 amide bonds. The third-order valence-electron chi connectivity index (χ3n) is 2.10. The lowest BCUT2D eigenvalue weighted by Gasteiger charge is -2.08. The quantitative estimate of drug-likeness (QED) is 0.511. The van der Waals surface area contributed by atoms with Crippen LogP contribution in [0.2, 0.25) is 0 Å². The molecule has 0 bridgehead atoms. The van der Waals surface area contributed by atoms with Crippen molar-refractivity contribution in [2.75, 3.05) is 11.5 Å². The average molecular weight is 231 g/mol. The third kappa shape index (κ3) is 2.21.